The van der Waals surface area contributed by atoms with Gasteiger partial charge in [0, 0.05) is 30.2 Å². The van der Waals surface area contributed by atoms with Gasteiger partial charge in [-0.1, -0.05) is 11.6 Å². The van der Waals surface area contributed by atoms with Gasteiger partial charge in [-0.25, -0.2) is 4.98 Å². The summed E-state index contributed by atoms with van der Waals surface area (Å²) in [4.78, 5) is 13.4. The molecule has 0 atom stereocenters. The molecule has 0 fully saturated rings. The lowest BCUT2D eigenvalue weighted by Gasteiger charge is -2.18. The molecule has 0 aliphatic heterocycles. The molecular formula is C18H23ClN6O2. The highest BCUT2D eigenvalue weighted by Gasteiger charge is 2.16. The third-order valence-electron chi connectivity index (χ3n) is 3.97. The van der Waals surface area contributed by atoms with Crippen LogP contribution in [0.4, 0.5) is 11.8 Å². The Morgan fingerprint density at radius 2 is 2.00 bits per heavy atom. The van der Waals surface area contributed by atoms with E-state index in [0.717, 1.165) is 0 Å². The normalized spacial score (nSPS) is 11.7. The van der Waals surface area contributed by atoms with Crippen molar-refractivity contribution in [1.82, 2.24) is 19.5 Å². The summed E-state index contributed by atoms with van der Waals surface area (Å²) in [6.07, 6.45) is 1.71. The number of nitrogens with zero attached hydrogens (tertiary/aromatic N) is 4. The van der Waals surface area contributed by atoms with Crippen LogP contribution in [0, 0.1) is 0 Å². The summed E-state index contributed by atoms with van der Waals surface area (Å²) in [5, 5.41) is 26.7. The zero-order valence-corrected chi connectivity index (χ0v) is 16.2. The Morgan fingerprint density at radius 1 is 1.22 bits per heavy atom. The second-order valence-electron chi connectivity index (χ2n) is 6.89. The number of aromatic nitrogens is 4. The number of aromatic hydroxyl groups is 1. The lowest BCUT2D eigenvalue weighted by Crippen LogP contribution is -2.30. The van der Waals surface area contributed by atoms with Gasteiger partial charge in [0.1, 0.15) is 5.75 Å². The Labute approximate surface area is 162 Å². The van der Waals surface area contributed by atoms with Crippen molar-refractivity contribution < 1.29 is 10.2 Å². The van der Waals surface area contributed by atoms with Gasteiger partial charge in [-0.15, -0.1) is 0 Å². The van der Waals surface area contributed by atoms with Crippen molar-refractivity contribution in [3.05, 3.63) is 35.1 Å². The monoisotopic (exact) mass is 390 g/mol. The van der Waals surface area contributed by atoms with E-state index >= 15 is 0 Å². The zero-order chi connectivity index (χ0) is 19.6. The van der Waals surface area contributed by atoms with E-state index in [2.05, 4.69) is 25.6 Å². The van der Waals surface area contributed by atoms with Crippen molar-refractivity contribution in [2.75, 3.05) is 17.2 Å². The van der Waals surface area contributed by atoms with Crippen LogP contribution in [-0.4, -0.2) is 41.9 Å². The highest BCUT2D eigenvalue weighted by molar-refractivity contribution is 6.30. The van der Waals surface area contributed by atoms with Crippen molar-refractivity contribution in [3.63, 3.8) is 0 Å². The van der Waals surface area contributed by atoms with Crippen molar-refractivity contribution >= 4 is 34.5 Å². The molecule has 9 heteroatoms. The van der Waals surface area contributed by atoms with Crippen LogP contribution >= 0.6 is 11.6 Å². The highest BCUT2D eigenvalue weighted by atomic mass is 35.5. The lowest BCUT2D eigenvalue weighted by atomic mass is 10.1. The minimum Gasteiger partial charge on any atom is -0.508 e. The number of anilines is 2. The Bertz CT molecular complexity index is 951. The van der Waals surface area contributed by atoms with Gasteiger partial charge >= 0.3 is 0 Å². The molecule has 0 spiro atoms. The lowest BCUT2D eigenvalue weighted by molar-refractivity contribution is 0.0943. The van der Waals surface area contributed by atoms with Gasteiger partial charge in [0.05, 0.1) is 11.9 Å². The number of benzene rings is 1. The van der Waals surface area contributed by atoms with E-state index in [9.17, 15) is 10.2 Å². The number of rotatable bonds is 7. The number of phenolic OH excluding ortho intramolecular Hbond substituents is 1. The first-order chi connectivity index (χ1) is 12.8. The third-order valence-corrected chi connectivity index (χ3v) is 4.21. The van der Waals surface area contributed by atoms with Crippen molar-refractivity contribution in [2.45, 2.75) is 39.5 Å². The SMILES string of the molecule is CCn1cnc2c(NCc3cc(Cl)ccc3O)nc(NCC(C)(C)O)nc21. The molecule has 2 aromatic heterocycles. The summed E-state index contributed by atoms with van der Waals surface area (Å²) < 4.78 is 1.91. The van der Waals surface area contributed by atoms with Crippen LogP contribution in [0.1, 0.15) is 26.3 Å². The molecule has 144 valence electrons. The Hall–Kier alpha value is -2.58. The Morgan fingerprint density at radius 3 is 2.70 bits per heavy atom. The fourth-order valence-corrected chi connectivity index (χ4v) is 2.74. The maximum atomic E-state index is 10.0. The van der Waals surface area contributed by atoms with Gasteiger partial charge in [-0.3, -0.25) is 0 Å². The number of imidazole rings is 1. The summed E-state index contributed by atoms with van der Waals surface area (Å²) in [6.45, 7) is 6.75. The molecule has 0 unspecified atom stereocenters. The quantitative estimate of drug-likeness (QED) is 0.491. The minimum absolute atomic E-state index is 0.150. The largest absolute Gasteiger partial charge is 0.508 e. The summed E-state index contributed by atoms with van der Waals surface area (Å²) in [5.41, 5.74) is 1.06. The van der Waals surface area contributed by atoms with E-state index in [0.29, 0.717) is 53.2 Å². The molecule has 8 nitrogen and oxygen atoms in total. The molecule has 27 heavy (non-hydrogen) atoms. The van der Waals surface area contributed by atoms with E-state index in [-0.39, 0.29) is 5.75 Å². The predicted octanol–water partition coefficient (Wildman–Crippen LogP) is 3.00. The number of hydrogen-bond acceptors (Lipinski definition) is 7. The number of fused-ring (bicyclic) bond motifs is 1. The van der Waals surface area contributed by atoms with E-state index in [1.807, 2.05) is 11.5 Å². The minimum atomic E-state index is -0.899. The molecule has 0 radical (unpaired) electrons. The van der Waals surface area contributed by atoms with Crippen molar-refractivity contribution in [2.24, 2.45) is 0 Å². The van der Waals surface area contributed by atoms with E-state index in [4.69, 9.17) is 11.6 Å². The summed E-state index contributed by atoms with van der Waals surface area (Å²) in [5.74, 6) is 1.07. The fourth-order valence-electron chi connectivity index (χ4n) is 2.55. The molecule has 0 bridgehead atoms. The van der Waals surface area contributed by atoms with Gasteiger partial charge in [0.2, 0.25) is 5.95 Å². The second kappa shape index (κ2) is 7.58. The average molecular weight is 391 g/mol. The second-order valence-corrected chi connectivity index (χ2v) is 7.33. The molecule has 1 aromatic carbocycles. The van der Waals surface area contributed by atoms with Gasteiger partial charge in [0.15, 0.2) is 17.0 Å². The Balaban J connectivity index is 1.92. The molecule has 0 aliphatic carbocycles. The Kier molecular flexibility index (Phi) is 5.38. The zero-order valence-electron chi connectivity index (χ0n) is 15.5. The first-order valence-corrected chi connectivity index (χ1v) is 9.05. The summed E-state index contributed by atoms with van der Waals surface area (Å²) >= 11 is 6.01. The van der Waals surface area contributed by atoms with Crippen LogP contribution in [-0.2, 0) is 13.1 Å². The standard InChI is InChI=1S/C18H23ClN6O2/c1-4-25-10-22-14-15(20-8-11-7-12(19)5-6-13(11)26)23-17(24-16(14)25)21-9-18(2,3)27/h5-7,10,26-27H,4,8-9H2,1-3H3,(H2,20,21,23,24). The number of hydrogen-bond donors (Lipinski definition) is 4. The fraction of sp³-hybridized carbons (Fsp3) is 0.389. The first kappa shape index (κ1) is 19.2. The molecule has 0 saturated carbocycles. The van der Waals surface area contributed by atoms with E-state index in [1.165, 1.54) is 0 Å². The third kappa shape index (κ3) is 4.58. The van der Waals surface area contributed by atoms with Gasteiger partial charge < -0.3 is 25.4 Å². The molecule has 3 aromatic rings. The highest BCUT2D eigenvalue weighted by Crippen LogP contribution is 2.25. The van der Waals surface area contributed by atoms with Gasteiger partial charge in [-0.05, 0) is 39.0 Å². The van der Waals surface area contributed by atoms with Crippen LogP contribution in [0.15, 0.2) is 24.5 Å². The van der Waals surface area contributed by atoms with Crippen LogP contribution in [0.25, 0.3) is 11.2 Å². The maximum absolute atomic E-state index is 10.0. The molecule has 0 amide bonds. The van der Waals surface area contributed by atoms with Crippen LogP contribution in [0.5, 0.6) is 5.75 Å². The molecular weight excluding hydrogens is 368 g/mol. The van der Waals surface area contributed by atoms with Gasteiger partial charge in [-0.2, -0.15) is 9.97 Å². The van der Waals surface area contributed by atoms with E-state index < -0.39 is 5.60 Å². The average Bonchev–Trinajstić information content (AvgIpc) is 3.03. The molecule has 2 heterocycles. The number of nitrogens with one attached hydrogen (secondary N) is 2. The predicted molar refractivity (Wildman–Crippen MR) is 106 cm³/mol. The number of phenols is 1. The number of aryl methyl sites for hydroxylation is 1. The van der Waals surface area contributed by atoms with Crippen LogP contribution < -0.4 is 10.6 Å². The number of aliphatic hydroxyl groups is 1. The number of halogens is 1. The smallest absolute Gasteiger partial charge is 0.226 e. The van der Waals surface area contributed by atoms with Crippen molar-refractivity contribution in [1.29, 1.82) is 0 Å². The molecule has 0 saturated heterocycles. The molecule has 0 aliphatic rings. The van der Waals surface area contributed by atoms with Crippen LogP contribution in [0.2, 0.25) is 5.02 Å². The topological polar surface area (TPSA) is 108 Å². The summed E-state index contributed by atoms with van der Waals surface area (Å²) in [6, 6.07) is 4.88. The molecule has 3 rings (SSSR count). The van der Waals surface area contributed by atoms with Crippen LogP contribution in [0.3, 0.4) is 0 Å². The maximum Gasteiger partial charge on any atom is 0.226 e. The summed E-state index contributed by atoms with van der Waals surface area (Å²) in [7, 11) is 0. The van der Waals surface area contributed by atoms with E-state index in [1.54, 1.807) is 38.4 Å². The molecule has 4 N–H and O–H groups in total. The van der Waals surface area contributed by atoms with Gasteiger partial charge in [0.25, 0.3) is 0 Å². The first-order valence-electron chi connectivity index (χ1n) is 8.67. The van der Waals surface area contributed by atoms with Crippen molar-refractivity contribution in [3.8, 4) is 5.75 Å².